The van der Waals surface area contributed by atoms with Crippen molar-refractivity contribution in [2.45, 2.75) is 12.6 Å². The van der Waals surface area contributed by atoms with Crippen molar-refractivity contribution in [3.05, 3.63) is 53.2 Å². The number of amides is 1. The van der Waals surface area contributed by atoms with Gasteiger partial charge in [-0.25, -0.2) is 4.98 Å². The predicted octanol–water partition coefficient (Wildman–Crippen LogP) is 3.87. The van der Waals surface area contributed by atoms with E-state index in [1.807, 2.05) is 4.90 Å². The smallest absolute Gasteiger partial charge is 0.417 e. The summed E-state index contributed by atoms with van der Waals surface area (Å²) in [6.45, 7) is 1.99. The number of anilines is 1. The maximum Gasteiger partial charge on any atom is 0.417 e. The molecule has 1 saturated heterocycles. The van der Waals surface area contributed by atoms with Gasteiger partial charge in [0.1, 0.15) is 11.6 Å². The summed E-state index contributed by atoms with van der Waals surface area (Å²) in [7, 11) is 0. The van der Waals surface area contributed by atoms with Gasteiger partial charge in [-0.3, -0.25) is 4.79 Å². The number of hydrogen-bond donors (Lipinski definition) is 0. The van der Waals surface area contributed by atoms with E-state index in [1.165, 1.54) is 6.07 Å². The molecule has 0 unspecified atom stereocenters. The molecule has 1 fully saturated rings. The number of carbonyl (C=O) groups excluding carboxylic acids is 1. The first kappa shape index (κ1) is 20.3. The van der Waals surface area contributed by atoms with Crippen molar-refractivity contribution >= 4 is 23.3 Å². The van der Waals surface area contributed by atoms with Crippen LogP contribution in [0.2, 0.25) is 5.02 Å². The average molecular weight is 414 g/mol. The van der Waals surface area contributed by atoms with Crippen molar-refractivity contribution in [1.29, 1.82) is 0 Å². The van der Waals surface area contributed by atoms with Crippen LogP contribution in [0.4, 0.5) is 19.0 Å². The van der Waals surface area contributed by atoms with Crippen LogP contribution in [-0.4, -0.2) is 48.6 Å². The second kappa shape index (κ2) is 8.68. The highest BCUT2D eigenvalue weighted by Crippen LogP contribution is 2.29. The van der Waals surface area contributed by atoms with Gasteiger partial charge in [0.05, 0.1) is 5.56 Å². The van der Waals surface area contributed by atoms with E-state index >= 15 is 0 Å². The molecular weight excluding hydrogens is 395 g/mol. The van der Waals surface area contributed by atoms with E-state index in [2.05, 4.69) is 4.98 Å². The monoisotopic (exact) mass is 413 g/mol. The first-order valence-corrected chi connectivity index (χ1v) is 9.15. The Bertz CT molecular complexity index is 815. The normalized spacial score (nSPS) is 15.3. The van der Waals surface area contributed by atoms with Gasteiger partial charge in [0.25, 0.3) is 5.91 Å². The Hall–Kier alpha value is -2.48. The number of aromatic nitrogens is 1. The highest BCUT2D eigenvalue weighted by atomic mass is 35.5. The molecule has 3 rings (SSSR count). The predicted molar refractivity (Wildman–Crippen MR) is 99.6 cm³/mol. The van der Waals surface area contributed by atoms with Gasteiger partial charge in [-0.2, -0.15) is 13.2 Å². The second-order valence-corrected chi connectivity index (χ2v) is 6.81. The number of ether oxygens (including phenoxy) is 1. The molecule has 150 valence electrons. The Morgan fingerprint density at radius 3 is 2.64 bits per heavy atom. The molecule has 2 heterocycles. The lowest BCUT2D eigenvalue weighted by atomic mass is 10.2. The summed E-state index contributed by atoms with van der Waals surface area (Å²) in [5.41, 5.74) is -0.777. The Morgan fingerprint density at radius 2 is 1.96 bits per heavy atom. The van der Waals surface area contributed by atoms with Gasteiger partial charge in [-0.1, -0.05) is 17.7 Å². The Balaban J connectivity index is 1.54. The van der Waals surface area contributed by atoms with Crippen LogP contribution in [0.25, 0.3) is 0 Å². The Labute approximate surface area is 165 Å². The molecule has 0 saturated carbocycles. The van der Waals surface area contributed by atoms with Crippen LogP contribution in [0.3, 0.4) is 0 Å². The summed E-state index contributed by atoms with van der Waals surface area (Å²) in [6, 6.07) is 9.20. The number of nitrogens with zero attached hydrogens (tertiary/aromatic N) is 3. The number of hydrogen-bond acceptors (Lipinski definition) is 4. The van der Waals surface area contributed by atoms with E-state index in [1.54, 1.807) is 29.2 Å². The zero-order chi connectivity index (χ0) is 20.1. The second-order valence-electron chi connectivity index (χ2n) is 6.37. The van der Waals surface area contributed by atoms with Gasteiger partial charge >= 0.3 is 6.18 Å². The number of pyridine rings is 1. The molecule has 0 spiro atoms. The van der Waals surface area contributed by atoms with Crippen LogP contribution in [0.5, 0.6) is 5.75 Å². The summed E-state index contributed by atoms with van der Waals surface area (Å²) >= 11 is 5.89. The third kappa shape index (κ3) is 5.28. The van der Waals surface area contributed by atoms with Crippen LogP contribution in [-0.2, 0) is 11.0 Å². The molecule has 28 heavy (non-hydrogen) atoms. The fraction of sp³-hybridized carbons (Fsp3) is 0.368. The van der Waals surface area contributed by atoms with Crippen molar-refractivity contribution in [1.82, 2.24) is 9.88 Å². The minimum atomic E-state index is -4.41. The van der Waals surface area contributed by atoms with Crippen molar-refractivity contribution in [3.63, 3.8) is 0 Å². The highest BCUT2D eigenvalue weighted by Gasteiger charge is 2.31. The summed E-state index contributed by atoms with van der Waals surface area (Å²) in [6.07, 6.45) is -2.88. The fourth-order valence-electron chi connectivity index (χ4n) is 2.93. The zero-order valence-electron chi connectivity index (χ0n) is 15.0. The fourth-order valence-corrected chi connectivity index (χ4v) is 3.11. The van der Waals surface area contributed by atoms with Crippen LogP contribution >= 0.6 is 11.6 Å². The van der Waals surface area contributed by atoms with Gasteiger partial charge in [0.2, 0.25) is 0 Å². The standard InChI is InChI=1S/C19H19ClF3N3O2/c20-15-3-1-4-16(11-15)28-13-18(27)26-8-2-7-25(9-10-26)17-6-5-14(12-24-17)19(21,22)23/h1,3-6,11-12H,2,7-10,13H2. The van der Waals surface area contributed by atoms with Crippen molar-refractivity contribution in [2.75, 3.05) is 37.7 Å². The average Bonchev–Trinajstić information content (AvgIpc) is 2.92. The molecule has 0 atom stereocenters. The van der Waals surface area contributed by atoms with Crippen LogP contribution in [0.1, 0.15) is 12.0 Å². The quantitative estimate of drug-likeness (QED) is 0.763. The third-order valence-corrected chi connectivity index (χ3v) is 4.64. The van der Waals surface area contributed by atoms with Crippen molar-refractivity contribution in [3.8, 4) is 5.75 Å². The van der Waals surface area contributed by atoms with E-state index in [-0.39, 0.29) is 12.5 Å². The van der Waals surface area contributed by atoms with Crippen LogP contribution in [0, 0.1) is 0 Å². The summed E-state index contributed by atoms with van der Waals surface area (Å²) in [5.74, 6) is 0.839. The molecule has 9 heteroatoms. The molecule has 5 nitrogen and oxygen atoms in total. The lowest BCUT2D eigenvalue weighted by molar-refractivity contribution is -0.137. The molecule has 0 aliphatic carbocycles. The summed E-state index contributed by atoms with van der Waals surface area (Å²) < 4.78 is 43.5. The van der Waals surface area contributed by atoms with Crippen molar-refractivity contribution in [2.24, 2.45) is 0 Å². The molecule has 1 amide bonds. The van der Waals surface area contributed by atoms with E-state index in [0.29, 0.717) is 49.2 Å². The molecule has 0 bridgehead atoms. The molecule has 1 aromatic heterocycles. The van der Waals surface area contributed by atoms with E-state index < -0.39 is 11.7 Å². The van der Waals surface area contributed by atoms with Gasteiger partial charge in [0.15, 0.2) is 6.61 Å². The van der Waals surface area contributed by atoms with Crippen molar-refractivity contribution < 1.29 is 22.7 Å². The van der Waals surface area contributed by atoms with E-state index in [4.69, 9.17) is 16.3 Å². The zero-order valence-corrected chi connectivity index (χ0v) is 15.7. The molecule has 1 aromatic carbocycles. The summed E-state index contributed by atoms with van der Waals surface area (Å²) in [5, 5.41) is 0.527. The number of rotatable bonds is 4. The largest absolute Gasteiger partial charge is 0.484 e. The van der Waals surface area contributed by atoms with Crippen LogP contribution in [0.15, 0.2) is 42.6 Å². The Kier molecular flexibility index (Phi) is 6.28. The van der Waals surface area contributed by atoms with Crippen LogP contribution < -0.4 is 9.64 Å². The maximum absolute atomic E-state index is 12.7. The summed E-state index contributed by atoms with van der Waals surface area (Å²) in [4.78, 5) is 19.9. The molecular formula is C19H19ClF3N3O2. The molecule has 0 N–H and O–H groups in total. The lowest BCUT2D eigenvalue weighted by Gasteiger charge is -2.23. The maximum atomic E-state index is 12.7. The Morgan fingerprint density at radius 1 is 1.14 bits per heavy atom. The lowest BCUT2D eigenvalue weighted by Crippen LogP contribution is -2.38. The van der Waals surface area contributed by atoms with E-state index in [9.17, 15) is 18.0 Å². The van der Waals surface area contributed by atoms with E-state index in [0.717, 1.165) is 12.3 Å². The molecule has 1 aliphatic rings. The van der Waals surface area contributed by atoms with Gasteiger partial charge in [0, 0.05) is 37.4 Å². The number of halogens is 4. The first-order chi connectivity index (χ1) is 13.3. The molecule has 1 aliphatic heterocycles. The molecule has 2 aromatic rings. The molecule has 0 radical (unpaired) electrons. The minimum Gasteiger partial charge on any atom is -0.484 e. The topological polar surface area (TPSA) is 45.7 Å². The third-order valence-electron chi connectivity index (χ3n) is 4.41. The SMILES string of the molecule is O=C(COc1cccc(Cl)c1)N1CCCN(c2ccc(C(F)(F)F)cn2)CC1. The number of benzene rings is 1. The minimum absolute atomic E-state index is 0.0983. The highest BCUT2D eigenvalue weighted by molar-refractivity contribution is 6.30. The first-order valence-electron chi connectivity index (χ1n) is 8.77. The number of alkyl halides is 3. The van der Waals surface area contributed by atoms with Gasteiger partial charge in [-0.05, 0) is 36.8 Å². The van der Waals surface area contributed by atoms with Gasteiger partial charge in [-0.15, -0.1) is 0 Å². The van der Waals surface area contributed by atoms with Gasteiger partial charge < -0.3 is 14.5 Å². The number of carbonyl (C=O) groups is 1.